The van der Waals surface area contributed by atoms with Crippen LogP contribution in [0.3, 0.4) is 0 Å². The third-order valence-corrected chi connectivity index (χ3v) is 2.24. The van der Waals surface area contributed by atoms with E-state index in [0.29, 0.717) is 13.1 Å². The van der Waals surface area contributed by atoms with Crippen molar-refractivity contribution in [2.45, 2.75) is 19.1 Å². The summed E-state index contributed by atoms with van der Waals surface area (Å²) < 4.78 is 6.71. The van der Waals surface area contributed by atoms with Gasteiger partial charge in [-0.1, -0.05) is 0 Å². The van der Waals surface area contributed by atoms with E-state index in [1.165, 1.54) is 0 Å². The molecule has 1 unspecified atom stereocenters. The van der Waals surface area contributed by atoms with E-state index in [0.717, 1.165) is 5.69 Å². The summed E-state index contributed by atoms with van der Waals surface area (Å²) in [5.41, 5.74) is 6.25. The number of rotatable bonds is 6. The number of ether oxygens (including phenoxy) is 1. The molecule has 3 N–H and O–H groups in total. The van der Waals surface area contributed by atoms with Crippen LogP contribution in [0.1, 0.15) is 12.1 Å². The molecule has 0 aliphatic carbocycles. The van der Waals surface area contributed by atoms with Gasteiger partial charge in [0.1, 0.15) is 0 Å². The second kappa shape index (κ2) is 6.24. The first kappa shape index (κ1) is 12.7. The van der Waals surface area contributed by atoms with Crippen LogP contribution in [0.4, 0.5) is 0 Å². The van der Waals surface area contributed by atoms with Gasteiger partial charge in [0.15, 0.2) is 0 Å². The molecule has 0 saturated carbocycles. The molecule has 0 aliphatic rings. The molecule has 1 heterocycles. The predicted octanol–water partition coefficient (Wildman–Crippen LogP) is -0.600. The molecule has 1 atom stereocenters. The van der Waals surface area contributed by atoms with Gasteiger partial charge in [-0.25, -0.2) is 0 Å². The minimum Gasteiger partial charge on any atom is -0.380 e. The first-order chi connectivity index (χ1) is 7.65. The molecule has 0 radical (unpaired) electrons. The van der Waals surface area contributed by atoms with E-state index < -0.39 is 0 Å². The summed E-state index contributed by atoms with van der Waals surface area (Å²) in [6.45, 7) is 0.772. The van der Waals surface area contributed by atoms with E-state index in [1.54, 1.807) is 11.8 Å². The van der Waals surface area contributed by atoms with Gasteiger partial charge in [-0.2, -0.15) is 5.10 Å². The van der Waals surface area contributed by atoms with Gasteiger partial charge in [-0.15, -0.1) is 0 Å². The van der Waals surface area contributed by atoms with E-state index in [9.17, 15) is 4.79 Å². The maximum Gasteiger partial charge on any atom is 0.222 e. The predicted molar refractivity (Wildman–Crippen MR) is 59.5 cm³/mol. The van der Waals surface area contributed by atoms with Crippen LogP contribution < -0.4 is 11.1 Å². The molecule has 0 spiro atoms. The minimum atomic E-state index is -0.219. The van der Waals surface area contributed by atoms with Crippen LogP contribution in [0, 0.1) is 0 Å². The lowest BCUT2D eigenvalue weighted by Crippen LogP contribution is -2.32. The summed E-state index contributed by atoms with van der Waals surface area (Å²) in [6.07, 6.45) is 1.89. The fourth-order valence-corrected chi connectivity index (χ4v) is 1.29. The average molecular weight is 226 g/mol. The van der Waals surface area contributed by atoms with Crippen molar-refractivity contribution in [3.05, 3.63) is 18.0 Å². The lowest BCUT2D eigenvalue weighted by atomic mass is 10.2. The van der Waals surface area contributed by atoms with Gasteiger partial charge >= 0.3 is 0 Å². The molecular formula is C10H18N4O2. The van der Waals surface area contributed by atoms with Gasteiger partial charge in [0.05, 0.1) is 24.8 Å². The molecular weight excluding hydrogens is 208 g/mol. The first-order valence-electron chi connectivity index (χ1n) is 5.13. The van der Waals surface area contributed by atoms with Crippen molar-refractivity contribution in [3.63, 3.8) is 0 Å². The topological polar surface area (TPSA) is 82.2 Å². The fourth-order valence-electron chi connectivity index (χ4n) is 1.29. The Hall–Kier alpha value is -1.40. The number of hydrogen-bond acceptors (Lipinski definition) is 4. The van der Waals surface area contributed by atoms with Crippen molar-refractivity contribution in [2.24, 2.45) is 12.8 Å². The highest BCUT2D eigenvalue weighted by atomic mass is 16.5. The Balaban J connectivity index is 2.30. The smallest absolute Gasteiger partial charge is 0.222 e. The average Bonchev–Trinajstić information content (AvgIpc) is 2.69. The van der Waals surface area contributed by atoms with E-state index in [2.05, 4.69) is 10.4 Å². The molecule has 1 aromatic heterocycles. The lowest BCUT2D eigenvalue weighted by molar-refractivity contribution is -0.123. The van der Waals surface area contributed by atoms with Crippen LogP contribution in [0.15, 0.2) is 12.3 Å². The number of carbonyl (C=O) groups excluding carboxylic acids is 1. The molecule has 0 bridgehead atoms. The Morgan fingerprint density at radius 2 is 2.50 bits per heavy atom. The van der Waals surface area contributed by atoms with Gasteiger partial charge < -0.3 is 15.8 Å². The number of hydrogen-bond donors (Lipinski definition) is 2. The number of aromatic nitrogens is 2. The highest BCUT2D eigenvalue weighted by Crippen LogP contribution is 1.97. The largest absolute Gasteiger partial charge is 0.380 e. The zero-order chi connectivity index (χ0) is 12.0. The Labute approximate surface area is 94.8 Å². The summed E-state index contributed by atoms with van der Waals surface area (Å²) in [6, 6.07) is 1.86. The van der Waals surface area contributed by atoms with Crippen molar-refractivity contribution < 1.29 is 9.53 Å². The number of carbonyl (C=O) groups is 1. The second-order valence-corrected chi connectivity index (χ2v) is 3.56. The monoisotopic (exact) mass is 226 g/mol. The third-order valence-electron chi connectivity index (χ3n) is 2.24. The summed E-state index contributed by atoms with van der Waals surface area (Å²) in [4.78, 5) is 11.5. The molecule has 1 amide bonds. The van der Waals surface area contributed by atoms with Crippen molar-refractivity contribution in [1.82, 2.24) is 15.1 Å². The molecule has 0 fully saturated rings. The molecule has 1 aromatic rings. The summed E-state index contributed by atoms with van der Waals surface area (Å²) >= 11 is 0. The molecule has 0 saturated heterocycles. The van der Waals surface area contributed by atoms with Crippen molar-refractivity contribution in [2.75, 3.05) is 13.7 Å². The van der Waals surface area contributed by atoms with E-state index in [1.807, 2.05) is 19.3 Å². The highest BCUT2D eigenvalue weighted by molar-refractivity contribution is 5.76. The van der Waals surface area contributed by atoms with Gasteiger partial charge in [0.2, 0.25) is 5.91 Å². The van der Waals surface area contributed by atoms with Gasteiger partial charge in [0.25, 0.3) is 0 Å². The minimum absolute atomic E-state index is 0.0806. The van der Waals surface area contributed by atoms with Crippen LogP contribution in [-0.4, -0.2) is 35.4 Å². The maximum absolute atomic E-state index is 11.5. The van der Waals surface area contributed by atoms with Gasteiger partial charge in [-0.3, -0.25) is 9.48 Å². The second-order valence-electron chi connectivity index (χ2n) is 3.56. The van der Waals surface area contributed by atoms with Crippen LogP contribution in [-0.2, 0) is 23.1 Å². The molecule has 0 aromatic carbocycles. The van der Waals surface area contributed by atoms with Gasteiger partial charge in [0, 0.05) is 26.9 Å². The Morgan fingerprint density at radius 3 is 3.00 bits per heavy atom. The molecule has 90 valence electrons. The Bertz CT molecular complexity index is 333. The standard InChI is InChI=1S/C10H18N4O2/c1-14-4-3-8(13-14)7-12-10(15)5-9(6-11)16-2/h3-4,9H,5-7,11H2,1-2H3,(H,12,15). The normalized spacial score (nSPS) is 12.4. The maximum atomic E-state index is 11.5. The SMILES string of the molecule is COC(CN)CC(=O)NCc1ccn(C)n1. The van der Waals surface area contributed by atoms with Crippen molar-refractivity contribution >= 4 is 5.91 Å². The Kier molecular flexibility index (Phi) is 4.94. The zero-order valence-corrected chi connectivity index (χ0v) is 9.64. The van der Waals surface area contributed by atoms with Crippen LogP contribution in [0.25, 0.3) is 0 Å². The first-order valence-corrected chi connectivity index (χ1v) is 5.13. The molecule has 1 rings (SSSR count). The number of nitrogens with zero attached hydrogens (tertiary/aromatic N) is 2. The van der Waals surface area contributed by atoms with Crippen LogP contribution >= 0.6 is 0 Å². The number of methoxy groups -OCH3 is 1. The van der Waals surface area contributed by atoms with Crippen molar-refractivity contribution in [1.29, 1.82) is 0 Å². The fraction of sp³-hybridized carbons (Fsp3) is 0.600. The Morgan fingerprint density at radius 1 is 1.75 bits per heavy atom. The third kappa shape index (κ3) is 4.00. The molecule has 6 heteroatoms. The summed E-state index contributed by atoms with van der Waals surface area (Å²) in [5.74, 6) is -0.0806. The molecule has 0 aliphatic heterocycles. The van der Waals surface area contributed by atoms with Crippen molar-refractivity contribution in [3.8, 4) is 0 Å². The number of nitrogens with one attached hydrogen (secondary N) is 1. The highest BCUT2D eigenvalue weighted by Gasteiger charge is 2.11. The number of amides is 1. The lowest BCUT2D eigenvalue weighted by Gasteiger charge is -2.11. The quantitative estimate of drug-likeness (QED) is 0.678. The van der Waals surface area contributed by atoms with E-state index in [4.69, 9.17) is 10.5 Å². The zero-order valence-electron chi connectivity index (χ0n) is 9.64. The molecule has 16 heavy (non-hydrogen) atoms. The summed E-state index contributed by atoms with van der Waals surface area (Å²) in [5, 5.41) is 6.91. The summed E-state index contributed by atoms with van der Waals surface area (Å²) in [7, 11) is 3.38. The van der Waals surface area contributed by atoms with E-state index >= 15 is 0 Å². The van der Waals surface area contributed by atoms with Gasteiger partial charge in [-0.05, 0) is 6.07 Å². The molecule has 6 nitrogen and oxygen atoms in total. The van der Waals surface area contributed by atoms with Crippen LogP contribution in [0.2, 0.25) is 0 Å². The van der Waals surface area contributed by atoms with E-state index in [-0.39, 0.29) is 18.4 Å². The number of nitrogens with two attached hydrogens (primary N) is 1. The number of aryl methyl sites for hydroxylation is 1. The van der Waals surface area contributed by atoms with Crippen LogP contribution in [0.5, 0.6) is 0 Å².